The standard InChI is InChI=1S/C19H22ClN5O3/c1-12(2)24(10-13-8-6-5-7-9-13)14(26)11-25-15-16(21-18(25)20)22(3)19(28)23(4)17(15)27/h5-9,12H,10-11H2,1-4H3. The normalized spacial score (nSPS) is 11.4. The number of halogens is 1. The molecule has 2 heterocycles. The molecule has 0 bridgehead atoms. The highest BCUT2D eigenvalue weighted by atomic mass is 35.5. The molecule has 28 heavy (non-hydrogen) atoms. The van der Waals surface area contributed by atoms with Crippen molar-refractivity contribution >= 4 is 28.7 Å². The number of hydrogen-bond acceptors (Lipinski definition) is 4. The first-order chi connectivity index (χ1) is 13.2. The van der Waals surface area contributed by atoms with E-state index in [0.717, 1.165) is 10.1 Å². The summed E-state index contributed by atoms with van der Waals surface area (Å²) in [5.74, 6) is -0.198. The lowest BCUT2D eigenvalue weighted by Crippen LogP contribution is -2.40. The molecule has 0 unspecified atom stereocenters. The Hall–Kier alpha value is -2.87. The van der Waals surface area contributed by atoms with Gasteiger partial charge in [-0.1, -0.05) is 30.3 Å². The van der Waals surface area contributed by atoms with Gasteiger partial charge in [-0.25, -0.2) is 4.79 Å². The zero-order valence-electron chi connectivity index (χ0n) is 16.2. The number of fused-ring (bicyclic) bond motifs is 1. The third-order valence-electron chi connectivity index (χ3n) is 4.73. The molecule has 0 saturated heterocycles. The maximum absolute atomic E-state index is 13.0. The average molecular weight is 404 g/mol. The van der Waals surface area contributed by atoms with Crippen LogP contribution in [0.15, 0.2) is 39.9 Å². The SMILES string of the molecule is CC(C)N(Cc1ccccc1)C(=O)Cn1c(Cl)nc2c1c(=O)n(C)c(=O)n2C. The van der Waals surface area contributed by atoms with E-state index < -0.39 is 11.2 Å². The largest absolute Gasteiger partial charge is 0.334 e. The van der Waals surface area contributed by atoms with Crippen LogP contribution in [0.3, 0.4) is 0 Å². The number of carbonyl (C=O) groups is 1. The third-order valence-corrected chi connectivity index (χ3v) is 5.02. The molecule has 2 aromatic heterocycles. The van der Waals surface area contributed by atoms with Gasteiger partial charge in [-0.15, -0.1) is 0 Å². The van der Waals surface area contributed by atoms with E-state index in [1.165, 1.54) is 23.2 Å². The molecule has 0 radical (unpaired) electrons. The van der Waals surface area contributed by atoms with Gasteiger partial charge in [0.05, 0.1) is 0 Å². The fourth-order valence-corrected chi connectivity index (χ4v) is 3.35. The minimum Gasteiger partial charge on any atom is -0.334 e. The zero-order chi connectivity index (χ0) is 20.6. The lowest BCUT2D eigenvalue weighted by molar-refractivity contribution is -0.134. The summed E-state index contributed by atoms with van der Waals surface area (Å²) in [5.41, 5.74) is 0.253. The summed E-state index contributed by atoms with van der Waals surface area (Å²) in [6.45, 7) is 4.15. The summed E-state index contributed by atoms with van der Waals surface area (Å²) in [4.78, 5) is 43.6. The smallest absolute Gasteiger partial charge is 0.332 e. The Morgan fingerprint density at radius 3 is 2.39 bits per heavy atom. The number of carbonyl (C=O) groups excluding carboxylic acids is 1. The second-order valence-electron chi connectivity index (χ2n) is 6.95. The van der Waals surface area contributed by atoms with Crippen molar-refractivity contribution in [2.24, 2.45) is 14.1 Å². The van der Waals surface area contributed by atoms with Crippen LogP contribution in [0.2, 0.25) is 5.28 Å². The Morgan fingerprint density at radius 1 is 1.14 bits per heavy atom. The van der Waals surface area contributed by atoms with Crippen LogP contribution in [0, 0.1) is 0 Å². The number of nitrogens with zero attached hydrogens (tertiary/aromatic N) is 5. The monoisotopic (exact) mass is 403 g/mol. The maximum atomic E-state index is 13.0. The molecule has 3 aromatic rings. The number of aryl methyl sites for hydroxylation is 1. The quantitative estimate of drug-likeness (QED) is 0.605. The number of benzene rings is 1. The van der Waals surface area contributed by atoms with E-state index in [4.69, 9.17) is 11.6 Å². The Morgan fingerprint density at radius 2 is 1.79 bits per heavy atom. The van der Waals surface area contributed by atoms with Crippen LogP contribution in [-0.4, -0.2) is 35.5 Å². The van der Waals surface area contributed by atoms with E-state index in [1.807, 2.05) is 44.2 Å². The first-order valence-corrected chi connectivity index (χ1v) is 9.25. The maximum Gasteiger partial charge on any atom is 0.332 e. The van der Waals surface area contributed by atoms with Gasteiger partial charge in [-0.05, 0) is 31.0 Å². The lowest BCUT2D eigenvalue weighted by Gasteiger charge is -2.27. The van der Waals surface area contributed by atoms with Crippen LogP contribution in [0.5, 0.6) is 0 Å². The number of amides is 1. The Bertz CT molecular complexity index is 1140. The molecule has 0 fully saturated rings. The van der Waals surface area contributed by atoms with E-state index in [9.17, 15) is 14.4 Å². The molecule has 0 aliphatic carbocycles. The highest BCUT2D eigenvalue weighted by Crippen LogP contribution is 2.17. The van der Waals surface area contributed by atoms with Crippen molar-refractivity contribution in [1.82, 2.24) is 23.6 Å². The highest BCUT2D eigenvalue weighted by Gasteiger charge is 2.23. The second-order valence-corrected chi connectivity index (χ2v) is 7.28. The van der Waals surface area contributed by atoms with Gasteiger partial charge in [0, 0.05) is 26.7 Å². The minimum atomic E-state index is -0.538. The number of imidazole rings is 1. The molecule has 0 N–H and O–H groups in total. The Labute approximate surface area is 166 Å². The highest BCUT2D eigenvalue weighted by molar-refractivity contribution is 6.29. The molecule has 0 saturated carbocycles. The van der Waals surface area contributed by atoms with E-state index in [1.54, 1.807) is 4.90 Å². The summed E-state index contributed by atoms with van der Waals surface area (Å²) in [6, 6.07) is 9.61. The number of rotatable bonds is 5. The van der Waals surface area contributed by atoms with Crippen molar-refractivity contribution in [3.05, 3.63) is 62.0 Å². The van der Waals surface area contributed by atoms with Crippen LogP contribution in [0.4, 0.5) is 0 Å². The molecule has 0 spiro atoms. The molecule has 1 aromatic carbocycles. The average Bonchev–Trinajstić information content (AvgIpc) is 2.99. The fraction of sp³-hybridized carbons (Fsp3) is 0.368. The van der Waals surface area contributed by atoms with Crippen molar-refractivity contribution in [3.63, 3.8) is 0 Å². The van der Waals surface area contributed by atoms with Gasteiger partial charge in [-0.3, -0.25) is 23.3 Å². The molecule has 0 aliphatic heterocycles. The van der Waals surface area contributed by atoms with Gasteiger partial charge in [0.2, 0.25) is 11.2 Å². The van der Waals surface area contributed by atoms with Crippen molar-refractivity contribution in [1.29, 1.82) is 0 Å². The minimum absolute atomic E-state index is 0.00920. The van der Waals surface area contributed by atoms with Crippen LogP contribution in [0.1, 0.15) is 19.4 Å². The predicted octanol–water partition coefficient (Wildman–Crippen LogP) is 1.52. The van der Waals surface area contributed by atoms with Gasteiger partial charge >= 0.3 is 5.69 Å². The lowest BCUT2D eigenvalue weighted by atomic mass is 10.2. The van der Waals surface area contributed by atoms with Crippen LogP contribution < -0.4 is 11.2 Å². The second kappa shape index (κ2) is 7.63. The van der Waals surface area contributed by atoms with Crippen molar-refractivity contribution in [2.75, 3.05) is 0 Å². The van der Waals surface area contributed by atoms with Crippen molar-refractivity contribution in [2.45, 2.75) is 33.0 Å². The Kier molecular flexibility index (Phi) is 5.42. The Balaban J connectivity index is 2.01. The van der Waals surface area contributed by atoms with E-state index in [2.05, 4.69) is 4.98 Å². The van der Waals surface area contributed by atoms with Crippen molar-refractivity contribution in [3.8, 4) is 0 Å². The molecule has 3 rings (SSSR count). The van der Waals surface area contributed by atoms with E-state index in [0.29, 0.717) is 6.54 Å². The zero-order valence-corrected chi connectivity index (χ0v) is 17.0. The summed E-state index contributed by atoms with van der Waals surface area (Å²) < 4.78 is 3.58. The summed E-state index contributed by atoms with van der Waals surface area (Å²) in [5, 5.41) is -0.00920. The molecular formula is C19H22ClN5O3. The molecule has 0 atom stereocenters. The molecule has 0 aliphatic rings. The van der Waals surface area contributed by atoms with Gasteiger partial charge in [0.1, 0.15) is 6.54 Å². The third kappa shape index (κ3) is 3.47. The van der Waals surface area contributed by atoms with Crippen LogP contribution >= 0.6 is 11.6 Å². The first kappa shape index (κ1) is 19.9. The molecule has 1 amide bonds. The van der Waals surface area contributed by atoms with Gasteiger partial charge in [0.25, 0.3) is 5.56 Å². The van der Waals surface area contributed by atoms with E-state index in [-0.39, 0.29) is 34.9 Å². The number of aromatic nitrogens is 4. The van der Waals surface area contributed by atoms with Crippen LogP contribution in [0.25, 0.3) is 11.2 Å². The van der Waals surface area contributed by atoms with E-state index >= 15 is 0 Å². The summed E-state index contributed by atoms with van der Waals surface area (Å²) in [7, 11) is 2.89. The van der Waals surface area contributed by atoms with Gasteiger partial charge in [0.15, 0.2) is 11.2 Å². The first-order valence-electron chi connectivity index (χ1n) is 8.87. The predicted molar refractivity (Wildman–Crippen MR) is 107 cm³/mol. The van der Waals surface area contributed by atoms with Crippen molar-refractivity contribution < 1.29 is 4.79 Å². The summed E-state index contributed by atoms with van der Waals surface area (Å²) in [6.07, 6.45) is 0. The van der Waals surface area contributed by atoms with Gasteiger partial charge < -0.3 is 4.90 Å². The summed E-state index contributed by atoms with van der Waals surface area (Å²) >= 11 is 6.22. The fourth-order valence-electron chi connectivity index (χ4n) is 3.13. The molecule has 148 valence electrons. The molecule has 8 nitrogen and oxygen atoms in total. The topological polar surface area (TPSA) is 82.1 Å². The van der Waals surface area contributed by atoms with Gasteiger partial charge in [-0.2, -0.15) is 4.98 Å². The molecular weight excluding hydrogens is 382 g/mol. The number of hydrogen-bond donors (Lipinski definition) is 0. The van der Waals surface area contributed by atoms with Crippen LogP contribution in [-0.2, 0) is 32.0 Å². The molecule has 9 heteroatoms.